The highest BCUT2D eigenvalue weighted by atomic mass is 16.5. The molecule has 1 aromatic rings. The number of carbonyl (C=O) groups is 2. The molecule has 0 spiro atoms. The third-order valence-electron chi connectivity index (χ3n) is 3.45. The number of nitrogens with zero attached hydrogens (tertiary/aromatic N) is 1. The van der Waals surface area contributed by atoms with E-state index >= 15 is 0 Å². The quantitative estimate of drug-likeness (QED) is 0.876. The number of carbonyl (C=O) groups excluding carboxylic acids is 2. The fourth-order valence-electron chi connectivity index (χ4n) is 2.27. The predicted octanol–water partition coefficient (Wildman–Crippen LogP) is 1.42. The Kier molecular flexibility index (Phi) is 4.45. The Morgan fingerprint density at radius 1 is 1.35 bits per heavy atom. The molecule has 6 nitrogen and oxygen atoms in total. The van der Waals surface area contributed by atoms with Crippen molar-refractivity contribution in [3.8, 4) is 5.75 Å². The second-order valence-electron chi connectivity index (χ2n) is 4.85. The van der Waals surface area contributed by atoms with Crippen LogP contribution in [0.4, 0.5) is 10.5 Å². The smallest absolute Gasteiger partial charge is 0.321 e. The number of nitrogens with one attached hydrogen (secondary N) is 1. The topological polar surface area (TPSA) is 84.7 Å². The van der Waals surface area contributed by atoms with Gasteiger partial charge < -0.3 is 20.7 Å². The number of ether oxygens (including phenoxy) is 1. The summed E-state index contributed by atoms with van der Waals surface area (Å²) < 4.78 is 5.06. The maximum absolute atomic E-state index is 12.1. The Hall–Kier alpha value is -2.24. The fourth-order valence-corrected chi connectivity index (χ4v) is 2.27. The molecule has 1 aliphatic rings. The van der Waals surface area contributed by atoms with Gasteiger partial charge in [0.2, 0.25) is 5.91 Å². The van der Waals surface area contributed by atoms with Crippen LogP contribution in [0, 0.1) is 5.92 Å². The van der Waals surface area contributed by atoms with Crippen LogP contribution in [0.2, 0.25) is 0 Å². The Balaban J connectivity index is 1.95. The third-order valence-corrected chi connectivity index (χ3v) is 3.45. The first-order chi connectivity index (χ1) is 9.60. The molecule has 0 radical (unpaired) electrons. The fraction of sp³-hybridized carbons (Fsp3) is 0.429. The minimum atomic E-state index is -0.341. The zero-order chi connectivity index (χ0) is 14.5. The molecule has 3 amide bonds. The number of methoxy groups -OCH3 is 1. The maximum atomic E-state index is 12.1. The number of amides is 3. The average Bonchev–Trinajstić information content (AvgIpc) is 2.48. The van der Waals surface area contributed by atoms with Crippen molar-refractivity contribution in [2.24, 2.45) is 11.7 Å². The summed E-state index contributed by atoms with van der Waals surface area (Å²) in [5, 5.41) is 2.80. The van der Waals surface area contributed by atoms with Crippen molar-refractivity contribution in [1.29, 1.82) is 0 Å². The van der Waals surface area contributed by atoms with Gasteiger partial charge in [-0.2, -0.15) is 0 Å². The Bertz CT molecular complexity index is 487. The number of rotatable bonds is 3. The van der Waals surface area contributed by atoms with Crippen LogP contribution in [0.15, 0.2) is 24.3 Å². The molecule has 2 rings (SSSR count). The van der Waals surface area contributed by atoms with E-state index in [1.807, 2.05) is 0 Å². The van der Waals surface area contributed by atoms with Crippen LogP contribution in [0.5, 0.6) is 5.75 Å². The van der Waals surface area contributed by atoms with E-state index in [-0.39, 0.29) is 17.9 Å². The Morgan fingerprint density at radius 2 is 2.05 bits per heavy atom. The third kappa shape index (κ3) is 3.40. The standard InChI is InChI=1S/C14H19N3O3/c1-20-12-6-4-11(5-7-12)16-14(19)17-8-2-3-10(9-17)13(15)18/h4-7,10H,2-3,8-9H2,1H3,(H2,15,18)(H,16,19)/t10-/m1/s1. The molecule has 3 N–H and O–H groups in total. The number of hydrogen-bond donors (Lipinski definition) is 2. The number of urea groups is 1. The summed E-state index contributed by atoms with van der Waals surface area (Å²) in [4.78, 5) is 25.0. The van der Waals surface area contributed by atoms with E-state index < -0.39 is 0 Å². The molecule has 1 aromatic carbocycles. The van der Waals surface area contributed by atoms with Crippen LogP contribution in [-0.4, -0.2) is 37.0 Å². The normalized spacial score (nSPS) is 18.4. The first kappa shape index (κ1) is 14.2. The van der Waals surface area contributed by atoms with Gasteiger partial charge in [-0.15, -0.1) is 0 Å². The highest BCUT2D eigenvalue weighted by Gasteiger charge is 2.26. The lowest BCUT2D eigenvalue weighted by Gasteiger charge is -2.31. The number of piperidine rings is 1. The average molecular weight is 277 g/mol. The minimum Gasteiger partial charge on any atom is -0.497 e. The number of nitrogens with two attached hydrogens (primary N) is 1. The van der Waals surface area contributed by atoms with Crippen molar-refractivity contribution < 1.29 is 14.3 Å². The van der Waals surface area contributed by atoms with Gasteiger partial charge >= 0.3 is 6.03 Å². The summed E-state index contributed by atoms with van der Waals surface area (Å²) in [6, 6.07) is 6.88. The zero-order valence-electron chi connectivity index (χ0n) is 11.5. The van der Waals surface area contributed by atoms with Crippen molar-refractivity contribution in [3.05, 3.63) is 24.3 Å². The minimum absolute atomic E-state index is 0.207. The van der Waals surface area contributed by atoms with E-state index in [1.165, 1.54) is 0 Å². The van der Waals surface area contributed by atoms with E-state index in [0.717, 1.165) is 18.6 Å². The predicted molar refractivity (Wildman–Crippen MR) is 75.5 cm³/mol. The molecule has 0 bridgehead atoms. The number of anilines is 1. The second-order valence-corrected chi connectivity index (χ2v) is 4.85. The van der Waals surface area contributed by atoms with E-state index in [1.54, 1.807) is 36.3 Å². The molecule has 0 saturated carbocycles. The lowest BCUT2D eigenvalue weighted by Crippen LogP contribution is -2.45. The van der Waals surface area contributed by atoms with Crippen LogP contribution < -0.4 is 15.8 Å². The number of benzene rings is 1. The molecular weight excluding hydrogens is 258 g/mol. The first-order valence-corrected chi connectivity index (χ1v) is 6.59. The Labute approximate surface area is 117 Å². The molecule has 1 aliphatic heterocycles. The highest BCUT2D eigenvalue weighted by Crippen LogP contribution is 2.19. The summed E-state index contributed by atoms with van der Waals surface area (Å²) in [5.41, 5.74) is 5.99. The summed E-state index contributed by atoms with van der Waals surface area (Å²) in [6.07, 6.45) is 1.55. The lowest BCUT2D eigenvalue weighted by atomic mass is 9.98. The molecular formula is C14H19N3O3. The van der Waals surface area contributed by atoms with Gasteiger partial charge in [-0.25, -0.2) is 4.79 Å². The summed E-state index contributed by atoms with van der Waals surface area (Å²) >= 11 is 0. The molecule has 1 atom stereocenters. The van der Waals surface area contributed by atoms with Gasteiger partial charge in [-0.1, -0.05) is 0 Å². The van der Waals surface area contributed by atoms with Gasteiger partial charge in [0.1, 0.15) is 5.75 Å². The molecule has 1 saturated heterocycles. The van der Waals surface area contributed by atoms with Gasteiger partial charge in [-0.05, 0) is 37.1 Å². The van der Waals surface area contributed by atoms with Gasteiger partial charge in [0.15, 0.2) is 0 Å². The molecule has 1 heterocycles. The monoisotopic (exact) mass is 277 g/mol. The molecule has 20 heavy (non-hydrogen) atoms. The van der Waals surface area contributed by atoms with E-state index in [2.05, 4.69) is 5.32 Å². The summed E-state index contributed by atoms with van der Waals surface area (Å²) in [7, 11) is 1.59. The lowest BCUT2D eigenvalue weighted by molar-refractivity contribution is -0.123. The van der Waals surface area contributed by atoms with Crippen LogP contribution in [0.3, 0.4) is 0 Å². The van der Waals surface area contributed by atoms with E-state index in [0.29, 0.717) is 18.8 Å². The molecule has 6 heteroatoms. The van der Waals surface area contributed by atoms with Gasteiger partial charge in [-0.3, -0.25) is 4.79 Å². The van der Waals surface area contributed by atoms with Crippen molar-refractivity contribution in [1.82, 2.24) is 4.90 Å². The highest BCUT2D eigenvalue weighted by molar-refractivity contribution is 5.90. The molecule has 0 unspecified atom stereocenters. The van der Waals surface area contributed by atoms with Crippen molar-refractivity contribution >= 4 is 17.6 Å². The Morgan fingerprint density at radius 3 is 2.65 bits per heavy atom. The van der Waals surface area contributed by atoms with Crippen LogP contribution in [-0.2, 0) is 4.79 Å². The van der Waals surface area contributed by atoms with Gasteiger partial charge in [0, 0.05) is 18.8 Å². The molecule has 108 valence electrons. The van der Waals surface area contributed by atoms with Crippen LogP contribution >= 0.6 is 0 Å². The number of likely N-dealkylation sites (tertiary alicyclic amines) is 1. The molecule has 1 fully saturated rings. The SMILES string of the molecule is COc1ccc(NC(=O)N2CCC[C@@H](C(N)=O)C2)cc1. The van der Waals surface area contributed by atoms with Gasteiger partial charge in [0.25, 0.3) is 0 Å². The van der Waals surface area contributed by atoms with Crippen molar-refractivity contribution in [2.45, 2.75) is 12.8 Å². The van der Waals surface area contributed by atoms with E-state index in [9.17, 15) is 9.59 Å². The largest absolute Gasteiger partial charge is 0.497 e. The second kappa shape index (κ2) is 6.27. The summed E-state index contributed by atoms with van der Waals surface area (Å²) in [5.74, 6) is 0.145. The van der Waals surface area contributed by atoms with Crippen LogP contribution in [0.1, 0.15) is 12.8 Å². The zero-order valence-corrected chi connectivity index (χ0v) is 11.5. The van der Waals surface area contributed by atoms with Gasteiger partial charge in [0.05, 0.1) is 13.0 Å². The number of hydrogen-bond acceptors (Lipinski definition) is 3. The maximum Gasteiger partial charge on any atom is 0.321 e. The van der Waals surface area contributed by atoms with Crippen LogP contribution in [0.25, 0.3) is 0 Å². The van der Waals surface area contributed by atoms with Crippen molar-refractivity contribution in [3.63, 3.8) is 0 Å². The first-order valence-electron chi connectivity index (χ1n) is 6.59. The molecule has 0 aliphatic carbocycles. The summed E-state index contributed by atoms with van der Waals surface area (Å²) in [6.45, 7) is 1.03. The molecule has 0 aromatic heterocycles. The van der Waals surface area contributed by atoms with Crippen molar-refractivity contribution in [2.75, 3.05) is 25.5 Å². The number of primary amides is 1. The van der Waals surface area contributed by atoms with E-state index in [4.69, 9.17) is 10.5 Å².